The van der Waals surface area contributed by atoms with Gasteiger partial charge in [-0.3, -0.25) is 4.79 Å². The lowest BCUT2D eigenvalue weighted by Crippen LogP contribution is -2.04. The number of carboxylic acid groups (broad SMARTS) is 2. The van der Waals surface area contributed by atoms with E-state index in [2.05, 4.69) is 0 Å². The fourth-order valence-electron chi connectivity index (χ4n) is 2.05. The van der Waals surface area contributed by atoms with Gasteiger partial charge < -0.3 is 10.2 Å². The van der Waals surface area contributed by atoms with Crippen molar-refractivity contribution in [3.63, 3.8) is 0 Å². The van der Waals surface area contributed by atoms with Crippen LogP contribution in [-0.2, 0) is 9.59 Å². The first-order valence-electron chi connectivity index (χ1n) is 6.21. The van der Waals surface area contributed by atoms with Crippen molar-refractivity contribution in [3.8, 4) is 0 Å². The van der Waals surface area contributed by atoms with Gasteiger partial charge in [-0.15, -0.1) is 0 Å². The summed E-state index contributed by atoms with van der Waals surface area (Å²) in [7, 11) is 0. The van der Waals surface area contributed by atoms with Crippen molar-refractivity contribution < 1.29 is 19.8 Å². The first-order valence-corrected chi connectivity index (χ1v) is 6.21. The average molecular weight is 270 g/mol. The van der Waals surface area contributed by atoms with Crippen LogP contribution in [0.2, 0.25) is 0 Å². The molecular formula is C16H14O4. The van der Waals surface area contributed by atoms with Crippen LogP contribution in [0.1, 0.15) is 18.4 Å². The van der Waals surface area contributed by atoms with E-state index < -0.39 is 11.9 Å². The molecule has 0 aliphatic carbocycles. The molecule has 2 N–H and O–H groups in total. The molecule has 0 heterocycles. The van der Waals surface area contributed by atoms with Crippen LogP contribution in [0.5, 0.6) is 0 Å². The molecule has 0 spiro atoms. The number of aliphatic carboxylic acids is 2. The summed E-state index contributed by atoms with van der Waals surface area (Å²) in [6.45, 7) is 0. The van der Waals surface area contributed by atoms with Crippen molar-refractivity contribution >= 4 is 28.8 Å². The monoisotopic (exact) mass is 270 g/mol. The zero-order valence-electron chi connectivity index (χ0n) is 10.7. The highest BCUT2D eigenvalue weighted by Crippen LogP contribution is 2.22. The third-order valence-corrected chi connectivity index (χ3v) is 3.04. The molecule has 0 fully saturated rings. The number of benzene rings is 2. The summed E-state index contributed by atoms with van der Waals surface area (Å²) in [5.41, 5.74) is 0.884. The number of carboxylic acids is 2. The first-order chi connectivity index (χ1) is 9.58. The van der Waals surface area contributed by atoms with Crippen LogP contribution in [0.25, 0.3) is 16.8 Å². The largest absolute Gasteiger partial charge is 0.481 e. The smallest absolute Gasteiger partial charge is 0.331 e. The molecule has 0 bridgehead atoms. The highest BCUT2D eigenvalue weighted by molar-refractivity contribution is 5.97. The Bertz CT molecular complexity index is 680. The van der Waals surface area contributed by atoms with Gasteiger partial charge in [-0.25, -0.2) is 4.79 Å². The van der Waals surface area contributed by atoms with Crippen LogP contribution in [0.3, 0.4) is 0 Å². The highest BCUT2D eigenvalue weighted by atomic mass is 16.4. The normalized spacial score (nSPS) is 11.5. The average Bonchev–Trinajstić information content (AvgIpc) is 2.43. The number of rotatable bonds is 5. The van der Waals surface area contributed by atoms with Crippen LogP contribution < -0.4 is 0 Å². The minimum absolute atomic E-state index is 0.00783. The quantitative estimate of drug-likeness (QED) is 0.818. The van der Waals surface area contributed by atoms with Gasteiger partial charge in [0.1, 0.15) is 0 Å². The van der Waals surface area contributed by atoms with Crippen molar-refractivity contribution in [2.45, 2.75) is 12.8 Å². The fraction of sp³-hybridized carbons (Fsp3) is 0.125. The van der Waals surface area contributed by atoms with Crippen LogP contribution in [0, 0.1) is 0 Å². The van der Waals surface area contributed by atoms with E-state index in [9.17, 15) is 9.59 Å². The van der Waals surface area contributed by atoms with E-state index in [0.29, 0.717) is 0 Å². The van der Waals surface area contributed by atoms with Crippen LogP contribution in [0.4, 0.5) is 0 Å². The van der Waals surface area contributed by atoms with E-state index in [-0.39, 0.29) is 18.4 Å². The summed E-state index contributed by atoms with van der Waals surface area (Å²) < 4.78 is 0. The Hall–Kier alpha value is -2.62. The Labute approximate surface area is 116 Å². The topological polar surface area (TPSA) is 74.6 Å². The summed E-state index contributed by atoms with van der Waals surface area (Å²) >= 11 is 0. The molecule has 0 aromatic heterocycles. The van der Waals surface area contributed by atoms with Gasteiger partial charge in [-0.2, -0.15) is 0 Å². The van der Waals surface area contributed by atoms with Crippen molar-refractivity contribution in [3.05, 3.63) is 53.6 Å². The molecule has 102 valence electrons. The lowest BCUT2D eigenvalue weighted by Gasteiger charge is -2.04. The molecule has 0 saturated heterocycles. The molecule has 4 nitrogen and oxygen atoms in total. The van der Waals surface area contributed by atoms with Crippen molar-refractivity contribution in [1.82, 2.24) is 0 Å². The summed E-state index contributed by atoms with van der Waals surface area (Å²) in [5, 5.41) is 19.8. The van der Waals surface area contributed by atoms with Crippen molar-refractivity contribution in [1.29, 1.82) is 0 Å². The number of carbonyl (C=O) groups is 2. The minimum atomic E-state index is -1.08. The summed E-state index contributed by atoms with van der Waals surface area (Å²) in [6, 6.07) is 13.3. The highest BCUT2D eigenvalue weighted by Gasteiger charge is 2.10. The SMILES string of the molecule is O=C(O)CC/C(=C\c1cccc2ccccc12)C(=O)O. The minimum Gasteiger partial charge on any atom is -0.481 e. The molecule has 2 aromatic rings. The molecule has 0 aliphatic rings. The molecule has 0 unspecified atom stereocenters. The fourth-order valence-corrected chi connectivity index (χ4v) is 2.05. The molecule has 0 saturated carbocycles. The Morgan fingerprint density at radius 2 is 1.65 bits per heavy atom. The predicted molar refractivity (Wildman–Crippen MR) is 76.4 cm³/mol. The molecule has 20 heavy (non-hydrogen) atoms. The summed E-state index contributed by atoms with van der Waals surface area (Å²) in [6.07, 6.45) is 1.37. The van der Waals surface area contributed by atoms with Gasteiger partial charge in [0, 0.05) is 12.0 Å². The lowest BCUT2D eigenvalue weighted by molar-refractivity contribution is -0.137. The van der Waals surface area contributed by atoms with E-state index in [1.54, 1.807) is 6.08 Å². The Morgan fingerprint density at radius 1 is 0.950 bits per heavy atom. The van der Waals surface area contributed by atoms with Crippen LogP contribution >= 0.6 is 0 Å². The van der Waals surface area contributed by atoms with Gasteiger partial charge in [0.15, 0.2) is 0 Å². The Morgan fingerprint density at radius 3 is 2.35 bits per heavy atom. The van der Waals surface area contributed by atoms with E-state index in [1.165, 1.54) is 0 Å². The molecule has 0 radical (unpaired) electrons. The van der Waals surface area contributed by atoms with Crippen molar-refractivity contribution in [2.24, 2.45) is 0 Å². The third-order valence-electron chi connectivity index (χ3n) is 3.04. The maximum absolute atomic E-state index is 11.2. The molecule has 2 rings (SSSR count). The number of fused-ring (bicyclic) bond motifs is 1. The number of hydrogen-bond donors (Lipinski definition) is 2. The molecular weight excluding hydrogens is 256 g/mol. The summed E-state index contributed by atoms with van der Waals surface area (Å²) in [4.78, 5) is 21.8. The standard InChI is InChI=1S/C16H14O4/c17-15(18)9-8-13(16(19)20)10-12-6-3-5-11-4-1-2-7-14(11)12/h1-7,10H,8-9H2,(H,17,18)(H,19,20)/b13-10+. The summed E-state index contributed by atoms with van der Waals surface area (Å²) in [5.74, 6) is -2.09. The molecule has 4 heteroatoms. The van der Waals surface area contributed by atoms with Gasteiger partial charge in [-0.1, -0.05) is 42.5 Å². The molecule has 0 aliphatic heterocycles. The molecule has 0 amide bonds. The maximum Gasteiger partial charge on any atom is 0.331 e. The van der Waals surface area contributed by atoms with Crippen LogP contribution in [-0.4, -0.2) is 22.2 Å². The van der Waals surface area contributed by atoms with Gasteiger partial charge in [0.25, 0.3) is 0 Å². The maximum atomic E-state index is 11.2. The zero-order chi connectivity index (χ0) is 14.5. The van der Waals surface area contributed by atoms with Gasteiger partial charge in [0.2, 0.25) is 0 Å². The Balaban J connectivity index is 2.43. The van der Waals surface area contributed by atoms with Gasteiger partial charge >= 0.3 is 11.9 Å². The second-order valence-electron chi connectivity index (χ2n) is 4.44. The second-order valence-corrected chi connectivity index (χ2v) is 4.44. The molecule has 2 aromatic carbocycles. The van der Waals surface area contributed by atoms with E-state index in [1.807, 2.05) is 42.5 Å². The Kier molecular flexibility index (Phi) is 4.15. The lowest BCUT2D eigenvalue weighted by atomic mass is 10.0. The second kappa shape index (κ2) is 6.02. The molecule has 0 atom stereocenters. The predicted octanol–water partition coefficient (Wildman–Crippen LogP) is 3.17. The van der Waals surface area contributed by atoms with E-state index in [0.717, 1.165) is 16.3 Å². The van der Waals surface area contributed by atoms with E-state index in [4.69, 9.17) is 10.2 Å². The van der Waals surface area contributed by atoms with Gasteiger partial charge in [0.05, 0.1) is 0 Å². The third kappa shape index (κ3) is 3.23. The van der Waals surface area contributed by atoms with Crippen molar-refractivity contribution in [2.75, 3.05) is 0 Å². The zero-order valence-corrected chi connectivity index (χ0v) is 10.7. The first kappa shape index (κ1) is 13.8. The van der Waals surface area contributed by atoms with Gasteiger partial charge in [-0.05, 0) is 28.8 Å². The van der Waals surface area contributed by atoms with E-state index >= 15 is 0 Å². The number of hydrogen-bond acceptors (Lipinski definition) is 2. The van der Waals surface area contributed by atoms with Crippen LogP contribution in [0.15, 0.2) is 48.0 Å².